The molecule has 1 atom stereocenters. The molecule has 1 aliphatic carbocycles. The third-order valence-electron chi connectivity index (χ3n) is 6.65. The number of imidazole rings is 1. The SMILES string of the molecule is COC(=O)c1cccc(Nc2cc(CC(=O)C3CC3)nc3c2nc(C(F)F)n3C2CCCCO2)c1OC. The van der Waals surface area contributed by atoms with E-state index in [1.807, 2.05) is 0 Å². The number of rotatable bonds is 9. The molecule has 1 aromatic carbocycles. The third-order valence-corrected chi connectivity index (χ3v) is 6.65. The van der Waals surface area contributed by atoms with Crippen molar-refractivity contribution in [3.63, 3.8) is 0 Å². The smallest absolute Gasteiger partial charge is 0.341 e. The lowest BCUT2D eigenvalue weighted by atomic mass is 10.1. The van der Waals surface area contributed by atoms with E-state index in [4.69, 9.17) is 14.2 Å². The molecule has 0 bridgehead atoms. The van der Waals surface area contributed by atoms with Gasteiger partial charge in [-0.2, -0.15) is 0 Å². The summed E-state index contributed by atoms with van der Waals surface area (Å²) < 4.78 is 45.9. The summed E-state index contributed by atoms with van der Waals surface area (Å²) >= 11 is 0. The number of ether oxygens (including phenoxy) is 3. The van der Waals surface area contributed by atoms with Crippen molar-refractivity contribution in [2.24, 2.45) is 5.92 Å². The lowest BCUT2D eigenvalue weighted by Crippen LogP contribution is -2.21. The zero-order valence-electron chi connectivity index (χ0n) is 20.6. The minimum atomic E-state index is -2.86. The first-order chi connectivity index (χ1) is 17.9. The Morgan fingerprint density at radius 2 is 1.97 bits per heavy atom. The first-order valence-corrected chi connectivity index (χ1v) is 12.3. The monoisotopic (exact) mass is 514 g/mol. The topological polar surface area (TPSA) is 105 Å². The average Bonchev–Trinajstić information content (AvgIpc) is 3.69. The number of nitrogens with zero attached hydrogens (tertiary/aromatic N) is 3. The molecule has 11 heteroatoms. The molecule has 1 saturated heterocycles. The molecular weight excluding hydrogens is 486 g/mol. The average molecular weight is 515 g/mol. The fourth-order valence-electron chi connectivity index (χ4n) is 4.68. The van der Waals surface area contributed by atoms with Crippen LogP contribution in [0.1, 0.15) is 66.6 Å². The number of alkyl halides is 2. The Kier molecular flexibility index (Phi) is 7.05. The Morgan fingerprint density at radius 1 is 1.16 bits per heavy atom. The molecule has 1 unspecified atom stereocenters. The van der Waals surface area contributed by atoms with Gasteiger partial charge in [0.1, 0.15) is 23.1 Å². The van der Waals surface area contributed by atoms with E-state index >= 15 is 0 Å². The molecule has 0 spiro atoms. The van der Waals surface area contributed by atoms with Gasteiger partial charge in [0.2, 0.25) is 0 Å². The quantitative estimate of drug-likeness (QED) is 0.392. The zero-order chi connectivity index (χ0) is 26.1. The lowest BCUT2D eigenvalue weighted by molar-refractivity contribution is -0.119. The van der Waals surface area contributed by atoms with E-state index in [1.54, 1.807) is 24.3 Å². The predicted molar refractivity (Wildman–Crippen MR) is 130 cm³/mol. The molecule has 5 rings (SSSR count). The molecular formula is C26H28F2N4O5. The molecule has 196 valence electrons. The fourth-order valence-corrected chi connectivity index (χ4v) is 4.68. The highest BCUT2D eigenvalue weighted by molar-refractivity contribution is 5.97. The van der Waals surface area contributed by atoms with Crippen LogP contribution in [-0.4, -0.2) is 47.1 Å². The van der Waals surface area contributed by atoms with Gasteiger partial charge in [0.25, 0.3) is 6.43 Å². The second-order valence-corrected chi connectivity index (χ2v) is 9.22. The third kappa shape index (κ3) is 5.00. The number of hydrogen-bond acceptors (Lipinski definition) is 8. The summed E-state index contributed by atoms with van der Waals surface area (Å²) in [5.74, 6) is -0.724. The molecule has 0 radical (unpaired) electrons. The molecule has 2 aromatic heterocycles. The molecule has 3 heterocycles. The number of para-hydroxylation sites is 1. The van der Waals surface area contributed by atoms with E-state index < -0.39 is 24.4 Å². The number of halogens is 2. The normalized spacial score (nSPS) is 17.7. The molecule has 0 amide bonds. The Hall–Kier alpha value is -3.60. The number of aromatic nitrogens is 3. The number of pyridine rings is 1. The number of Topliss-reactive ketones (excluding diaryl/α,β-unsaturated/α-hetero) is 1. The van der Waals surface area contributed by atoms with Gasteiger partial charge in [0.15, 0.2) is 17.2 Å². The van der Waals surface area contributed by atoms with Gasteiger partial charge >= 0.3 is 5.97 Å². The number of hydrogen-bond donors (Lipinski definition) is 1. The minimum Gasteiger partial charge on any atom is -0.494 e. The second kappa shape index (κ2) is 10.4. The van der Waals surface area contributed by atoms with Gasteiger partial charge in [-0.15, -0.1) is 0 Å². The van der Waals surface area contributed by atoms with Crippen LogP contribution in [-0.2, 0) is 20.7 Å². The maximum atomic E-state index is 14.2. The van der Waals surface area contributed by atoms with Crippen LogP contribution < -0.4 is 10.1 Å². The highest BCUT2D eigenvalue weighted by atomic mass is 19.3. The number of esters is 1. The van der Waals surface area contributed by atoms with Crippen molar-refractivity contribution in [1.29, 1.82) is 0 Å². The van der Waals surface area contributed by atoms with Gasteiger partial charge < -0.3 is 19.5 Å². The number of anilines is 2. The number of ketones is 1. The highest BCUT2D eigenvalue weighted by Crippen LogP contribution is 2.38. The van der Waals surface area contributed by atoms with Crippen molar-refractivity contribution >= 4 is 34.3 Å². The van der Waals surface area contributed by atoms with Gasteiger partial charge in [0, 0.05) is 18.9 Å². The van der Waals surface area contributed by atoms with E-state index in [0.29, 0.717) is 30.1 Å². The standard InChI is InChI=1S/C26H28F2N4O5/c1-35-22-16(26(34)36-2)6-5-7-17(22)30-18-12-15(13-19(33)14-9-10-14)29-24-21(18)31-25(23(27)28)32(24)20-8-3-4-11-37-20/h5-7,12,14,20,23H,3-4,8-11,13H2,1-2H3,(H,29,30). The Balaban J connectivity index is 1.66. The molecule has 37 heavy (non-hydrogen) atoms. The summed E-state index contributed by atoms with van der Waals surface area (Å²) in [4.78, 5) is 33.8. The number of fused-ring (bicyclic) bond motifs is 1. The first-order valence-electron chi connectivity index (χ1n) is 12.3. The molecule has 9 nitrogen and oxygen atoms in total. The lowest BCUT2D eigenvalue weighted by Gasteiger charge is -2.25. The van der Waals surface area contributed by atoms with E-state index in [1.165, 1.54) is 18.8 Å². The summed E-state index contributed by atoms with van der Waals surface area (Å²) in [6.45, 7) is 0.454. The van der Waals surface area contributed by atoms with E-state index in [2.05, 4.69) is 15.3 Å². The predicted octanol–water partition coefficient (Wildman–Crippen LogP) is 5.13. The van der Waals surface area contributed by atoms with Crippen molar-refractivity contribution < 1.29 is 32.6 Å². The van der Waals surface area contributed by atoms with Crippen molar-refractivity contribution in [2.75, 3.05) is 26.1 Å². The number of carbonyl (C=O) groups is 2. The van der Waals surface area contributed by atoms with E-state index in [-0.39, 0.29) is 40.6 Å². The molecule has 1 N–H and O–H groups in total. The van der Waals surface area contributed by atoms with Crippen LogP contribution in [0.3, 0.4) is 0 Å². The van der Waals surface area contributed by atoms with E-state index in [0.717, 1.165) is 25.7 Å². The van der Waals surface area contributed by atoms with Gasteiger partial charge in [-0.1, -0.05) is 6.07 Å². The maximum absolute atomic E-state index is 14.2. The number of benzene rings is 1. The molecule has 1 saturated carbocycles. The van der Waals surface area contributed by atoms with Crippen molar-refractivity contribution in [3.8, 4) is 5.75 Å². The molecule has 2 aliphatic rings. The maximum Gasteiger partial charge on any atom is 0.341 e. The number of methoxy groups -OCH3 is 2. The minimum absolute atomic E-state index is 0.0222. The fraction of sp³-hybridized carbons (Fsp3) is 0.462. The van der Waals surface area contributed by atoms with Crippen LogP contribution >= 0.6 is 0 Å². The largest absolute Gasteiger partial charge is 0.494 e. The van der Waals surface area contributed by atoms with Crippen molar-refractivity contribution in [1.82, 2.24) is 14.5 Å². The molecule has 3 aromatic rings. The van der Waals surface area contributed by atoms with Crippen LogP contribution in [0.5, 0.6) is 5.75 Å². The van der Waals surface area contributed by atoms with Crippen molar-refractivity contribution in [3.05, 3.63) is 41.3 Å². The molecule has 2 fully saturated rings. The zero-order valence-corrected chi connectivity index (χ0v) is 20.6. The van der Waals surface area contributed by atoms with Crippen LogP contribution in [0.15, 0.2) is 24.3 Å². The Bertz CT molecular complexity index is 1330. The summed E-state index contributed by atoms with van der Waals surface area (Å²) in [6, 6.07) is 6.52. The summed E-state index contributed by atoms with van der Waals surface area (Å²) in [5.41, 5.74) is 1.82. The van der Waals surface area contributed by atoms with Crippen LogP contribution in [0.25, 0.3) is 11.2 Å². The van der Waals surface area contributed by atoms with Crippen LogP contribution in [0.2, 0.25) is 0 Å². The Morgan fingerprint density at radius 3 is 2.62 bits per heavy atom. The highest BCUT2D eigenvalue weighted by Gasteiger charge is 2.32. The van der Waals surface area contributed by atoms with Gasteiger partial charge in [-0.3, -0.25) is 9.36 Å². The first kappa shape index (κ1) is 25.1. The van der Waals surface area contributed by atoms with E-state index in [9.17, 15) is 18.4 Å². The van der Waals surface area contributed by atoms with Crippen LogP contribution in [0, 0.1) is 5.92 Å². The summed E-state index contributed by atoms with van der Waals surface area (Å²) in [7, 11) is 2.68. The van der Waals surface area contributed by atoms with Gasteiger partial charge in [-0.05, 0) is 50.3 Å². The van der Waals surface area contributed by atoms with Crippen LogP contribution in [0.4, 0.5) is 20.2 Å². The summed E-state index contributed by atoms with van der Waals surface area (Å²) in [6.07, 6.45) is 0.530. The van der Waals surface area contributed by atoms with Gasteiger partial charge in [-0.25, -0.2) is 23.5 Å². The van der Waals surface area contributed by atoms with Crippen molar-refractivity contribution in [2.45, 2.75) is 51.2 Å². The molecule has 1 aliphatic heterocycles. The number of carbonyl (C=O) groups excluding carboxylic acids is 2. The second-order valence-electron chi connectivity index (χ2n) is 9.22. The van der Waals surface area contributed by atoms with Gasteiger partial charge in [0.05, 0.1) is 31.3 Å². The summed E-state index contributed by atoms with van der Waals surface area (Å²) in [5, 5.41) is 3.18. The number of nitrogens with one attached hydrogen (secondary N) is 1. The Labute approximate surface area is 212 Å².